The number of carbonyl (C=O) groups is 2. The fourth-order valence-corrected chi connectivity index (χ4v) is 9.19. The minimum absolute atomic E-state index is 0.0984. The van der Waals surface area contributed by atoms with Gasteiger partial charge in [0, 0.05) is 36.0 Å². The molecule has 39 heavy (non-hydrogen) atoms. The summed E-state index contributed by atoms with van der Waals surface area (Å²) in [6.07, 6.45) is 0. The third-order valence-electron chi connectivity index (χ3n) is 9.13. The molecule has 1 aliphatic carbocycles. The van der Waals surface area contributed by atoms with E-state index in [9.17, 15) is 4.79 Å². The molecule has 0 bridgehead atoms. The number of para-hydroxylation sites is 3. The Labute approximate surface area is 230 Å². The lowest BCUT2D eigenvalue weighted by atomic mass is 9.58. The highest BCUT2D eigenvalue weighted by atomic mass is 32.2. The maximum absolute atomic E-state index is 15.0. The van der Waals surface area contributed by atoms with Gasteiger partial charge in [-0.25, -0.2) is 9.97 Å². The van der Waals surface area contributed by atoms with Crippen LogP contribution in [0.25, 0.3) is 22.3 Å². The number of hydrogen-bond donors (Lipinski definition) is 0. The predicted octanol–water partition coefficient (Wildman–Crippen LogP) is 4.34. The fraction of sp³-hybridized carbons (Fsp3) is 0.290. The van der Waals surface area contributed by atoms with Crippen molar-refractivity contribution >= 4 is 40.4 Å². The molecule has 0 N–H and O–H groups in total. The van der Waals surface area contributed by atoms with Gasteiger partial charge < -0.3 is 9.64 Å². The van der Waals surface area contributed by atoms with Crippen LogP contribution in [-0.2, 0) is 25.3 Å². The summed E-state index contributed by atoms with van der Waals surface area (Å²) in [5.74, 6) is 0.260. The molecule has 4 aromatic rings. The highest BCUT2D eigenvalue weighted by Crippen LogP contribution is 2.71. The summed E-state index contributed by atoms with van der Waals surface area (Å²) in [5, 5.41) is 0. The van der Waals surface area contributed by atoms with E-state index in [0.29, 0.717) is 5.88 Å². The summed E-state index contributed by atoms with van der Waals surface area (Å²) >= 11 is 1.79. The molecule has 2 spiro atoms. The van der Waals surface area contributed by atoms with Crippen molar-refractivity contribution in [1.29, 1.82) is 0 Å². The van der Waals surface area contributed by atoms with E-state index in [0.717, 1.165) is 50.6 Å². The van der Waals surface area contributed by atoms with Crippen molar-refractivity contribution in [3.63, 3.8) is 0 Å². The van der Waals surface area contributed by atoms with Gasteiger partial charge in [0.1, 0.15) is 11.0 Å². The van der Waals surface area contributed by atoms with Gasteiger partial charge in [0.15, 0.2) is 0 Å². The second kappa shape index (κ2) is 7.90. The minimum Gasteiger partial charge on any atom is -0.466 e. The smallest absolute Gasteiger partial charge is 0.312 e. The van der Waals surface area contributed by atoms with Gasteiger partial charge in [-0.2, -0.15) is 0 Å². The number of likely N-dealkylation sites (N-methyl/N-ethyl adjacent to an activating group) is 1. The van der Waals surface area contributed by atoms with Crippen LogP contribution in [0.5, 0.6) is 0 Å². The first-order valence-electron chi connectivity index (χ1n) is 13.3. The number of ether oxygens (including phenoxy) is 1. The number of anilines is 1. The van der Waals surface area contributed by atoms with Crippen molar-refractivity contribution < 1.29 is 14.3 Å². The molecule has 2 saturated heterocycles. The van der Waals surface area contributed by atoms with Crippen molar-refractivity contribution in [1.82, 2.24) is 14.9 Å². The average molecular weight is 535 g/mol. The average Bonchev–Trinajstić information content (AvgIpc) is 3.66. The van der Waals surface area contributed by atoms with Gasteiger partial charge in [-0.1, -0.05) is 54.6 Å². The molecule has 8 rings (SSSR count). The molecular weight excluding hydrogens is 508 g/mol. The Morgan fingerprint density at radius 2 is 1.69 bits per heavy atom. The second-order valence-corrected chi connectivity index (χ2v) is 11.6. The fourth-order valence-electron chi connectivity index (χ4n) is 7.89. The van der Waals surface area contributed by atoms with E-state index in [1.807, 2.05) is 74.6 Å². The van der Waals surface area contributed by atoms with Gasteiger partial charge in [0.05, 0.1) is 34.9 Å². The Kier molecular flexibility index (Phi) is 4.69. The molecule has 0 saturated carbocycles. The van der Waals surface area contributed by atoms with Crippen LogP contribution < -0.4 is 4.90 Å². The molecule has 2 fully saturated rings. The van der Waals surface area contributed by atoms with Crippen molar-refractivity contribution in [2.45, 2.75) is 23.9 Å². The summed E-state index contributed by atoms with van der Waals surface area (Å²) in [7, 11) is 1.82. The number of thioether (sulfide) groups is 1. The van der Waals surface area contributed by atoms with Crippen LogP contribution in [-0.4, -0.2) is 58.1 Å². The van der Waals surface area contributed by atoms with E-state index >= 15 is 4.79 Å². The van der Waals surface area contributed by atoms with Crippen molar-refractivity contribution in [2.75, 3.05) is 30.2 Å². The summed E-state index contributed by atoms with van der Waals surface area (Å²) in [5.41, 5.74) is 4.43. The Morgan fingerprint density at radius 1 is 1.00 bits per heavy atom. The lowest BCUT2D eigenvalue weighted by Gasteiger charge is -2.45. The van der Waals surface area contributed by atoms with Gasteiger partial charge in [-0.05, 0) is 36.2 Å². The van der Waals surface area contributed by atoms with Crippen LogP contribution in [0.2, 0.25) is 0 Å². The summed E-state index contributed by atoms with van der Waals surface area (Å²) < 4.78 is 5.79. The van der Waals surface area contributed by atoms with Crippen molar-refractivity contribution in [2.24, 2.45) is 5.92 Å². The van der Waals surface area contributed by atoms with Crippen LogP contribution in [0.15, 0.2) is 72.8 Å². The number of benzene rings is 3. The van der Waals surface area contributed by atoms with Gasteiger partial charge in [0.2, 0.25) is 5.91 Å². The van der Waals surface area contributed by atoms with E-state index in [4.69, 9.17) is 14.7 Å². The first kappa shape index (κ1) is 23.2. The van der Waals surface area contributed by atoms with Crippen LogP contribution in [0.3, 0.4) is 0 Å². The lowest BCUT2D eigenvalue weighted by molar-refractivity contribution is -0.153. The third kappa shape index (κ3) is 2.50. The molecule has 0 unspecified atom stereocenters. The number of rotatable bonds is 2. The zero-order valence-corrected chi connectivity index (χ0v) is 22.4. The number of fused-ring (bicyclic) bond motifs is 11. The molecule has 1 amide bonds. The molecule has 4 aliphatic rings. The lowest BCUT2D eigenvalue weighted by Crippen LogP contribution is -2.60. The molecule has 8 heteroatoms. The summed E-state index contributed by atoms with van der Waals surface area (Å²) in [6, 6.07) is 23.8. The molecule has 0 radical (unpaired) electrons. The van der Waals surface area contributed by atoms with Crippen LogP contribution in [0.4, 0.5) is 5.69 Å². The predicted molar refractivity (Wildman–Crippen MR) is 150 cm³/mol. The molecule has 7 nitrogen and oxygen atoms in total. The Morgan fingerprint density at radius 3 is 2.49 bits per heavy atom. The normalized spacial score (nSPS) is 28.3. The molecule has 3 aliphatic heterocycles. The molecule has 3 aromatic carbocycles. The van der Waals surface area contributed by atoms with Crippen LogP contribution >= 0.6 is 11.8 Å². The maximum atomic E-state index is 15.0. The van der Waals surface area contributed by atoms with E-state index in [1.165, 1.54) is 0 Å². The van der Waals surface area contributed by atoms with Gasteiger partial charge in [-0.15, -0.1) is 11.8 Å². The molecule has 1 aromatic heterocycles. The number of hydrogen-bond acceptors (Lipinski definition) is 7. The number of aromatic nitrogens is 2. The number of esters is 1. The largest absolute Gasteiger partial charge is 0.466 e. The van der Waals surface area contributed by atoms with Crippen LogP contribution in [0, 0.1) is 5.92 Å². The van der Waals surface area contributed by atoms with Crippen molar-refractivity contribution in [3.8, 4) is 11.3 Å². The minimum atomic E-state index is -1.27. The topological polar surface area (TPSA) is 75.6 Å². The van der Waals surface area contributed by atoms with Gasteiger partial charge >= 0.3 is 5.97 Å². The van der Waals surface area contributed by atoms with Crippen LogP contribution in [0.1, 0.15) is 23.7 Å². The van der Waals surface area contributed by atoms with Gasteiger partial charge in [0.25, 0.3) is 0 Å². The van der Waals surface area contributed by atoms with E-state index in [-0.39, 0.29) is 24.5 Å². The van der Waals surface area contributed by atoms with Gasteiger partial charge in [-0.3, -0.25) is 14.5 Å². The van der Waals surface area contributed by atoms with E-state index < -0.39 is 16.9 Å². The first-order chi connectivity index (χ1) is 19.1. The molecule has 194 valence electrons. The zero-order valence-electron chi connectivity index (χ0n) is 21.6. The highest BCUT2D eigenvalue weighted by Gasteiger charge is 2.81. The van der Waals surface area contributed by atoms with Crippen molar-refractivity contribution in [3.05, 3.63) is 89.6 Å². The third-order valence-corrected chi connectivity index (χ3v) is 10.2. The zero-order chi connectivity index (χ0) is 26.5. The standard InChI is InChI=1S/C31H26N4O3S/c1-3-38-28(36)25-24-16-39-17-35(24)31(30(25)20-12-6-9-15-23(20)34(2)29(30)37)19-11-5-4-10-18(19)26-27(31)33-22-14-8-7-13-21(22)32-26/h4-15,24-25H,3,16-17H2,1-2H3/t24-,25+,30-,31+/m0/s1. The summed E-state index contributed by atoms with van der Waals surface area (Å²) in [4.78, 5) is 43.7. The first-order valence-corrected chi connectivity index (χ1v) is 14.5. The molecule has 4 atom stereocenters. The Hall–Kier alpha value is -3.75. The highest BCUT2D eigenvalue weighted by molar-refractivity contribution is 7.99. The Bertz CT molecular complexity index is 1730. The number of amides is 1. The number of nitrogens with zero attached hydrogens (tertiary/aromatic N) is 4. The summed E-state index contributed by atoms with van der Waals surface area (Å²) in [6.45, 7) is 2.08. The number of carbonyl (C=O) groups excluding carboxylic acids is 2. The monoisotopic (exact) mass is 534 g/mol. The quantitative estimate of drug-likeness (QED) is 0.354. The molecular formula is C31H26N4O3S. The maximum Gasteiger partial charge on any atom is 0.312 e. The van der Waals surface area contributed by atoms with E-state index in [2.05, 4.69) is 17.0 Å². The second-order valence-electron chi connectivity index (χ2n) is 10.6. The molecule has 4 heterocycles. The van der Waals surface area contributed by atoms with E-state index in [1.54, 1.807) is 16.7 Å². The Balaban J connectivity index is 1.58. The SMILES string of the molecule is CCOC(=O)[C@H]1[C@@H]2CSCN2[C@@]2(c3ccccc3-c3nc4ccccc4nc32)[C@]12C(=O)N(C)c1ccccc12.